The van der Waals surface area contributed by atoms with Crippen LogP contribution < -0.4 is 5.63 Å². The molecule has 0 N–H and O–H groups in total. The van der Waals surface area contributed by atoms with Crippen molar-refractivity contribution in [2.45, 2.75) is 6.92 Å². The summed E-state index contributed by atoms with van der Waals surface area (Å²) in [6.07, 6.45) is 0. The molecule has 0 saturated carbocycles. The van der Waals surface area contributed by atoms with E-state index in [0.29, 0.717) is 11.1 Å². The van der Waals surface area contributed by atoms with Crippen LogP contribution in [0.2, 0.25) is 0 Å². The molecule has 0 aliphatic carbocycles. The summed E-state index contributed by atoms with van der Waals surface area (Å²) in [6.45, 7) is 1.76. The fourth-order valence-electron chi connectivity index (χ4n) is 2.25. The van der Waals surface area contributed by atoms with Gasteiger partial charge in [-0.2, -0.15) is 5.26 Å². The van der Waals surface area contributed by atoms with E-state index in [-0.39, 0.29) is 5.56 Å². The summed E-state index contributed by atoms with van der Waals surface area (Å²) in [6, 6.07) is 11.5. The van der Waals surface area contributed by atoms with Crippen molar-refractivity contribution < 1.29 is 4.42 Å². The summed E-state index contributed by atoms with van der Waals surface area (Å²) in [5.41, 5.74) is 0.662. The Balaban J connectivity index is 2.67. The molecule has 1 heterocycles. The third-order valence-corrected chi connectivity index (χ3v) is 3.89. The van der Waals surface area contributed by atoms with Crippen molar-refractivity contribution >= 4 is 37.7 Å². The van der Waals surface area contributed by atoms with Crippen molar-refractivity contribution in [3.63, 3.8) is 0 Å². The van der Waals surface area contributed by atoms with E-state index >= 15 is 0 Å². The van der Waals surface area contributed by atoms with Crippen molar-refractivity contribution in [3.05, 3.63) is 56.4 Å². The minimum absolute atomic E-state index is 0.0645. The molecular formula is C15H8BrNO2. The van der Waals surface area contributed by atoms with Crippen molar-refractivity contribution in [3.8, 4) is 6.07 Å². The summed E-state index contributed by atoms with van der Waals surface area (Å²) in [5.74, 6) is 0. The van der Waals surface area contributed by atoms with E-state index in [4.69, 9.17) is 9.68 Å². The number of aryl methyl sites for hydroxylation is 1. The second kappa shape index (κ2) is 4.22. The van der Waals surface area contributed by atoms with Gasteiger partial charge in [0.1, 0.15) is 17.2 Å². The van der Waals surface area contributed by atoms with Gasteiger partial charge >= 0.3 is 5.63 Å². The predicted octanol–water partition coefficient (Wildman–Crippen LogP) is 3.89. The zero-order valence-electron chi connectivity index (χ0n) is 10.0. The highest BCUT2D eigenvalue weighted by molar-refractivity contribution is 9.10. The van der Waals surface area contributed by atoms with Gasteiger partial charge in [0.25, 0.3) is 0 Å². The first kappa shape index (κ1) is 11.9. The van der Waals surface area contributed by atoms with Crippen LogP contribution in [-0.4, -0.2) is 0 Å². The maximum Gasteiger partial charge on any atom is 0.354 e. The Hall–Kier alpha value is -2.12. The molecule has 19 heavy (non-hydrogen) atoms. The summed E-state index contributed by atoms with van der Waals surface area (Å²) >= 11 is 3.51. The van der Waals surface area contributed by atoms with E-state index in [2.05, 4.69) is 15.9 Å². The largest absolute Gasteiger partial charge is 0.421 e. The monoisotopic (exact) mass is 313 g/mol. The van der Waals surface area contributed by atoms with Gasteiger partial charge in [0.2, 0.25) is 0 Å². The van der Waals surface area contributed by atoms with Crippen LogP contribution in [0, 0.1) is 18.3 Å². The molecule has 92 valence electrons. The van der Waals surface area contributed by atoms with Gasteiger partial charge in [0.15, 0.2) is 0 Å². The lowest BCUT2D eigenvalue weighted by atomic mass is 10.0. The zero-order valence-corrected chi connectivity index (χ0v) is 11.6. The molecule has 0 spiro atoms. The molecule has 3 rings (SSSR count). The average molecular weight is 314 g/mol. The number of hydrogen-bond acceptors (Lipinski definition) is 3. The fraction of sp³-hybridized carbons (Fsp3) is 0.0667. The van der Waals surface area contributed by atoms with Crippen molar-refractivity contribution in [1.29, 1.82) is 5.26 Å². The average Bonchev–Trinajstić information content (AvgIpc) is 2.41. The summed E-state index contributed by atoms with van der Waals surface area (Å²) in [4.78, 5) is 11.8. The highest BCUT2D eigenvalue weighted by Crippen LogP contribution is 2.33. The van der Waals surface area contributed by atoms with Gasteiger partial charge in [-0.3, -0.25) is 0 Å². The molecule has 1 aromatic heterocycles. The summed E-state index contributed by atoms with van der Waals surface area (Å²) < 4.78 is 6.25. The normalized spacial score (nSPS) is 10.8. The maximum absolute atomic E-state index is 11.8. The van der Waals surface area contributed by atoms with Crippen LogP contribution in [-0.2, 0) is 0 Å². The van der Waals surface area contributed by atoms with E-state index < -0.39 is 5.63 Å². The van der Waals surface area contributed by atoms with Crippen molar-refractivity contribution in [2.24, 2.45) is 0 Å². The Morgan fingerprint density at radius 1 is 1.21 bits per heavy atom. The molecule has 0 aliphatic heterocycles. The first-order valence-electron chi connectivity index (χ1n) is 5.68. The minimum Gasteiger partial charge on any atom is -0.421 e. The smallest absolute Gasteiger partial charge is 0.354 e. The fourth-order valence-corrected chi connectivity index (χ4v) is 2.83. The topological polar surface area (TPSA) is 54.0 Å². The number of halogens is 1. The molecule has 3 nitrogen and oxygen atoms in total. The SMILES string of the molecule is Cc1c(C#N)c(=O)oc2c1cc(Br)c1ccccc12. The van der Waals surface area contributed by atoms with Crippen LogP contribution in [0.5, 0.6) is 0 Å². The standard InChI is InChI=1S/C15H8BrNO2/c1-8-11-6-13(16)9-4-2-3-5-10(9)14(11)19-15(18)12(8)7-17/h2-6H,1H3. The number of hydrogen-bond donors (Lipinski definition) is 0. The molecule has 0 unspecified atom stereocenters. The number of rotatable bonds is 0. The lowest BCUT2D eigenvalue weighted by Gasteiger charge is -2.07. The van der Waals surface area contributed by atoms with Crippen LogP contribution >= 0.6 is 15.9 Å². The number of nitrogens with zero attached hydrogens (tertiary/aromatic N) is 1. The molecule has 2 aromatic carbocycles. The molecular weight excluding hydrogens is 306 g/mol. The second-order valence-corrected chi connectivity index (χ2v) is 5.14. The highest BCUT2D eigenvalue weighted by Gasteiger charge is 2.14. The van der Waals surface area contributed by atoms with Gasteiger partial charge in [0, 0.05) is 15.2 Å². The van der Waals surface area contributed by atoms with E-state index in [9.17, 15) is 4.79 Å². The third kappa shape index (κ3) is 1.66. The van der Waals surface area contributed by atoms with Crippen molar-refractivity contribution in [2.75, 3.05) is 0 Å². The van der Waals surface area contributed by atoms with Gasteiger partial charge in [-0.05, 0) is 23.9 Å². The molecule has 0 saturated heterocycles. The molecule has 0 atom stereocenters. The van der Waals surface area contributed by atoms with Gasteiger partial charge in [-0.25, -0.2) is 4.79 Å². The molecule has 0 radical (unpaired) electrons. The van der Waals surface area contributed by atoms with Crippen molar-refractivity contribution in [1.82, 2.24) is 0 Å². The maximum atomic E-state index is 11.8. The first-order chi connectivity index (χ1) is 9.13. The zero-order chi connectivity index (χ0) is 13.6. The third-order valence-electron chi connectivity index (χ3n) is 3.23. The quantitative estimate of drug-likeness (QED) is 0.467. The van der Waals surface area contributed by atoms with Crippen LogP contribution in [0.1, 0.15) is 11.1 Å². The van der Waals surface area contributed by atoms with E-state index in [1.54, 1.807) is 6.92 Å². The first-order valence-corrected chi connectivity index (χ1v) is 6.47. The van der Waals surface area contributed by atoms with Gasteiger partial charge in [-0.1, -0.05) is 40.2 Å². The molecule has 0 aliphatic rings. The lowest BCUT2D eigenvalue weighted by molar-refractivity contribution is 0.560. The van der Waals surface area contributed by atoms with E-state index in [0.717, 1.165) is 20.6 Å². The number of benzene rings is 2. The van der Waals surface area contributed by atoms with Crippen LogP contribution in [0.15, 0.2) is 44.0 Å². The molecule has 3 aromatic rings. The Bertz CT molecular complexity index is 919. The lowest BCUT2D eigenvalue weighted by Crippen LogP contribution is -2.06. The number of nitriles is 1. The molecule has 0 bridgehead atoms. The number of fused-ring (bicyclic) bond motifs is 3. The summed E-state index contributed by atoms with van der Waals surface area (Å²) in [5, 5.41) is 11.6. The van der Waals surface area contributed by atoms with Gasteiger partial charge in [0.05, 0.1) is 0 Å². The summed E-state index contributed by atoms with van der Waals surface area (Å²) in [7, 11) is 0. The van der Waals surface area contributed by atoms with Crippen LogP contribution in [0.4, 0.5) is 0 Å². The molecule has 0 fully saturated rings. The Morgan fingerprint density at radius 3 is 2.58 bits per heavy atom. The van der Waals surface area contributed by atoms with E-state index in [1.165, 1.54) is 0 Å². The Morgan fingerprint density at radius 2 is 1.89 bits per heavy atom. The van der Waals surface area contributed by atoms with Gasteiger partial charge in [-0.15, -0.1) is 0 Å². The van der Waals surface area contributed by atoms with Crippen LogP contribution in [0.25, 0.3) is 21.7 Å². The van der Waals surface area contributed by atoms with Gasteiger partial charge < -0.3 is 4.42 Å². The predicted molar refractivity (Wildman–Crippen MR) is 77.1 cm³/mol. The Kier molecular flexibility index (Phi) is 2.65. The highest BCUT2D eigenvalue weighted by atomic mass is 79.9. The molecule has 4 heteroatoms. The second-order valence-electron chi connectivity index (χ2n) is 4.28. The molecule has 0 amide bonds. The Labute approximate surface area is 117 Å². The van der Waals surface area contributed by atoms with Crippen LogP contribution in [0.3, 0.4) is 0 Å². The minimum atomic E-state index is -0.583. The van der Waals surface area contributed by atoms with E-state index in [1.807, 2.05) is 36.4 Å².